The third-order valence-corrected chi connectivity index (χ3v) is 4.83. The van der Waals surface area contributed by atoms with Crippen LogP contribution in [0.1, 0.15) is 29.4 Å². The maximum atomic E-state index is 12.8. The highest BCUT2D eigenvalue weighted by Gasteiger charge is 2.26. The van der Waals surface area contributed by atoms with E-state index in [2.05, 4.69) is 11.9 Å². The number of carbonyl (C=O) groups is 1. The van der Waals surface area contributed by atoms with Crippen LogP contribution >= 0.6 is 11.3 Å². The Morgan fingerprint density at radius 2 is 1.95 bits per heavy atom. The fourth-order valence-corrected chi connectivity index (χ4v) is 3.45. The molecule has 0 spiro atoms. The van der Waals surface area contributed by atoms with Gasteiger partial charge in [0.15, 0.2) is 5.13 Å². The largest absolute Gasteiger partial charge is 0.375 e. The highest BCUT2D eigenvalue weighted by atomic mass is 32.1. The van der Waals surface area contributed by atoms with Crippen LogP contribution in [0.25, 0.3) is 11.3 Å². The molecule has 0 atom stereocenters. The van der Waals surface area contributed by atoms with E-state index < -0.39 is 0 Å². The second-order valence-electron chi connectivity index (χ2n) is 5.57. The van der Waals surface area contributed by atoms with Gasteiger partial charge in [0.25, 0.3) is 5.91 Å². The zero-order chi connectivity index (χ0) is 14.8. The maximum absolute atomic E-state index is 12.8. The van der Waals surface area contributed by atoms with Gasteiger partial charge >= 0.3 is 0 Å². The Morgan fingerprint density at radius 1 is 1.29 bits per heavy atom. The van der Waals surface area contributed by atoms with Crippen molar-refractivity contribution in [2.24, 2.45) is 5.92 Å². The van der Waals surface area contributed by atoms with E-state index in [9.17, 15) is 4.79 Å². The minimum absolute atomic E-state index is 0.0648. The molecule has 1 amide bonds. The first kappa shape index (κ1) is 14.1. The predicted octanol–water partition coefficient (Wildman–Crippen LogP) is 3.26. The highest BCUT2D eigenvalue weighted by molar-refractivity contribution is 7.17. The van der Waals surface area contributed by atoms with Crippen LogP contribution < -0.4 is 5.73 Å². The molecule has 0 unspecified atom stereocenters. The predicted molar refractivity (Wildman–Crippen MR) is 86.3 cm³/mol. The van der Waals surface area contributed by atoms with Crippen LogP contribution in [-0.4, -0.2) is 28.9 Å². The molecule has 1 aliphatic heterocycles. The second kappa shape index (κ2) is 5.85. The summed E-state index contributed by atoms with van der Waals surface area (Å²) >= 11 is 1.29. The van der Waals surface area contributed by atoms with Crippen LogP contribution in [0, 0.1) is 5.92 Å². The fraction of sp³-hybridized carbons (Fsp3) is 0.375. The van der Waals surface area contributed by atoms with E-state index in [1.165, 1.54) is 11.3 Å². The molecule has 0 bridgehead atoms. The SMILES string of the molecule is CC1CCN(C(=O)c2sc(N)nc2-c2ccccc2)CC1. The quantitative estimate of drug-likeness (QED) is 0.926. The summed E-state index contributed by atoms with van der Waals surface area (Å²) < 4.78 is 0. The number of benzene rings is 1. The van der Waals surface area contributed by atoms with Crippen LogP contribution in [0.5, 0.6) is 0 Å². The van der Waals surface area contributed by atoms with Crippen LogP contribution in [0.15, 0.2) is 30.3 Å². The molecular formula is C16H19N3OS. The number of likely N-dealkylation sites (tertiary alicyclic amines) is 1. The number of nitrogens with zero attached hydrogens (tertiary/aromatic N) is 2. The van der Waals surface area contributed by atoms with Gasteiger partial charge in [0.1, 0.15) is 4.88 Å². The Labute approximate surface area is 128 Å². The fourth-order valence-electron chi connectivity index (χ4n) is 2.63. The lowest BCUT2D eigenvalue weighted by molar-refractivity contribution is 0.0702. The van der Waals surface area contributed by atoms with Crippen molar-refractivity contribution >= 4 is 22.4 Å². The number of piperidine rings is 1. The van der Waals surface area contributed by atoms with Crippen molar-refractivity contribution < 1.29 is 4.79 Å². The molecule has 1 saturated heterocycles. The normalized spacial score (nSPS) is 16.1. The molecule has 2 N–H and O–H groups in total. The van der Waals surface area contributed by atoms with E-state index in [0.717, 1.165) is 31.5 Å². The summed E-state index contributed by atoms with van der Waals surface area (Å²) in [6.45, 7) is 3.89. The number of nitrogens with two attached hydrogens (primary N) is 1. The molecule has 1 aromatic carbocycles. The second-order valence-corrected chi connectivity index (χ2v) is 6.60. The first-order valence-corrected chi connectivity index (χ1v) is 8.08. The lowest BCUT2D eigenvalue weighted by atomic mass is 9.99. The standard InChI is InChI=1S/C16H19N3OS/c1-11-7-9-19(10-8-11)15(20)14-13(18-16(17)21-14)12-5-3-2-4-6-12/h2-6,11H,7-10H2,1H3,(H2,17,18). The summed E-state index contributed by atoms with van der Waals surface area (Å²) in [6.07, 6.45) is 2.14. The van der Waals surface area contributed by atoms with Crippen molar-refractivity contribution in [3.63, 3.8) is 0 Å². The summed E-state index contributed by atoms with van der Waals surface area (Å²) in [4.78, 5) is 19.7. The number of nitrogen functional groups attached to an aromatic ring is 1. The van der Waals surface area contributed by atoms with Gasteiger partial charge in [-0.15, -0.1) is 0 Å². The first-order chi connectivity index (χ1) is 10.1. The third kappa shape index (κ3) is 2.93. The van der Waals surface area contributed by atoms with Gasteiger partial charge < -0.3 is 10.6 Å². The molecule has 3 rings (SSSR count). The third-order valence-electron chi connectivity index (χ3n) is 3.96. The molecule has 5 heteroatoms. The lowest BCUT2D eigenvalue weighted by Crippen LogP contribution is -2.37. The van der Waals surface area contributed by atoms with Gasteiger partial charge in [-0.05, 0) is 18.8 Å². The van der Waals surface area contributed by atoms with Gasteiger partial charge in [-0.2, -0.15) is 0 Å². The van der Waals surface area contributed by atoms with Crippen molar-refractivity contribution in [1.82, 2.24) is 9.88 Å². The average Bonchev–Trinajstić information content (AvgIpc) is 2.90. The molecule has 1 aliphatic rings. The van der Waals surface area contributed by atoms with Crippen molar-refractivity contribution in [3.8, 4) is 11.3 Å². The number of aromatic nitrogens is 1. The van der Waals surface area contributed by atoms with Crippen molar-refractivity contribution in [2.45, 2.75) is 19.8 Å². The number of rotatable bonds is 2. The molecule has 0 radical (unpaired) electrons. The Balaban J connectivity index is 1.90. The zero-order valence-electron chi connectivity index (χ0n) is 12.1. The van der Waals surface area contributed by atoms with Crippen molar-refractivity contribution in [1.29, 1.82) is 0 Å². The Kier molecular flexibility index (Phi) is 3.92. The maximum Gasteiger partial charge on any atom is 0.266 e. The number of amides is 1. The zero-order valence-corrected chi connectivity index (χ0v) is 12.9. The molecule has 0 aliphatic carbocycles. The van der Waals surface area contributed by atoms with Crippen LogP contribution in [0.4, 0.5) is 5.13 Å². The molecule has 2 aromatic rings. The van der Waals surface area contributed by atoms with E-state index in [1.54, 1.807) is 0 Å². The number of carbonyl (C=O) groups excluding carboxylic acids is 1. The van der Waals surface area contributed by atoms with Gasteiger partial charge in [0.05, 0.1) is 5.69 Å². The van der Waals surface area contributed by atoms with Gasteiger partial charge in [0, 0.05) is 18.7 Å². The molecule has 1 aromatic heterocycles. The minimum atomic E-state index is 0.0648. The number of thiazole rings is 1. The van der Waals surface area contributed by atoms with E-state index in [0.29, 0.717) is 21.6 Å². The monoisotopic (exact) mass is 301 g/mol. The Bertz CT molecular complexity index is 630. The molecule has 110 valence electrons. The highest BCUT2D eigenvalue weighted by Crippen LogP contribution is 2.31. The summed E-state index contributed by atoms with van der Waals surface area (Å²) in [5, 5.41) is 0.447. The summed E-state index contributed by atoms with van der Waals surface area (Å²) in [5.41, 5.74) is 7.50. The Hall–Kier alpha value is -1.88. The van der Waals surface area contributed by atoms with Gasteiger partial charge in [-0.3, -0.25) is 4.79 Å². The molecular weight excluding hydrogens is 282 g/mol. The van der Waals surface area contributed by atoms with Crippen molar-refractivity contribution in [2.75, 3.05) is 18.8 Å². The van der Waals surface area contributed by atoms with E-state index in [-0.39, 0.29) is 5.91 Å². The summed E-state index contributed by atoms with van der Waals surface area (Å²) in [7, 11) is 0. The number of anilines is 1. The van der Waals surface area contributed by atoms with E-state index in [1.807, 2.05) is 35.2 Å². The average molecular weight is 301 g/mol. The topological polar surface area (TPSA) is 59.2 Å². The lowest BCUT2D eigenvalue weighted by Gasteiger charge is -2.30. The minimum Gasteiger partial charge on any atom is -0.375 e. The summed E-state index contributed by atoms with van der Waals surface area (Å²) in [6, 6.07) is 9.77. The number of hydrogen-bond acceptors (Lipinski definition) is 4. The molecule has 2 heterocycles. The van der Waals surface area contributed by atoms with Gasteiger partial charge in [-0.1, -0.05) is 48.6 Å². The van der Waals surface area contributed by atoms with Crippen molar-refractivity contribution in [3.05, 3.63) is 35.2 Å². The van der Waals surface area contributed by atoms with Crippen LogP contribution in [0.3, 0.4) is 0 Å². The number of hydrogen-bond donors (Lipinski definition) is 1. The molecule has 21 heavy (non-hydrogen) atoms. The summed E-state index contributed by atoms with van der Waals surface area (Å²) in [5.74, 6) is 0.768. The van der Waals surface area contributed by atoms with Gasteiger partial charge in [-0.25, -0.2) is 4.98 Å². The first-order valence-electron chi connectivity index (χ1n) is 7.26. The Morgan fingerprint density at radius 3 is 2.62 bits per heavy atom. The molecule has 4 nitrogen and oxygen atoms in total. The van der Waals surface area contributed by atoms with Crippen LogP contribution in [0.2, 0.25) is 0 Å². The molecule has 1 fully saturated rings. The molecule has 0 saturated carbocycles. The smallest absolute Gasteiger partial charge is 0.266 e. The van der Waals surface area contributed by atoms with Gasteiger partial charge in [0.2, 0.25) is 0 Å². The van der Waals surface area contributed by atoms with Crippen LogP contribution in [-0.2, 0) is 0 Å². The van der Waals surface area contributed by atoms with E-state index >= 15 is 0 Å². The van der Waals surface area contributed by atoms with E-state index in [4.69, 9.17) is 5.73 Å².